The SMILES string of the molecule is C#Cc1c(C)c(=O)n(CC2CCCC2)c2nc(Nc3ccc(N4CCN(C)CC4)cc3)ncc12. The van der Waals surface area contributed by atoms with Gasteiger partial charge in [0.25, 0.3) is 5.56 Å². The normalized spacial score (nSPS) is 17.3. The number of pyridine rings is 1. The summed E-state index contributed by atoms with van der Waals surface area (Å²) in [7, 11) is 2.16. The number of benzene rings is 1. The van der Waals surface area contributed by atoms with Crippen LogP contribution in [0.1, 0.15) is 36.8 Å². The Hall–Kier alpha value is -3.37. The van der Waals surface area contributed by atoms with E-state index in [0.29, 0.717) is 35.2 Å². The predicted molar refractivity (Wildman–Crippen MR) is 138 cm³/mol. The number of likely N-dealkylation sites (N-methyl/N-ethyl adjacent to an activating group) is 1. The van der Waals surface area contributed by atoms with Gasteiger partial charge in [-0.25, -0.2) is 4.98 Å². The molecule has 7 heteroatoms. The van der Waals surface area contributed by atoms with E-state index in [1.54, 1.807) is 13.1 Å². The third-order valence-electron chi connectivity index (χ3n) is 7.29. The summed E-state index contributed by atoms with van der Waals surface area (Å²) >= 11 is 0. The minimum Gasteiger partial charge on any atom is -0.369 e. The summed E-state index contributed by atoms with van der Waals surface area (Å²) in [6, 6.07) is 8.36. The van der Waals surface area contributed by atoms with Gasteiger partial charge in [0.05, 0.1) is 5.39 Å². The maximum absolute atomic E-state index is 13.2. The number of fused-ring (bicyclic) bond motifs is 1. The molecule has 0 spiro atoms. The lowest BCUT2D eigenvalue weighted by atomic mass is 10.1. The molecule has 0 bridgehead atoms. The van der Waals surface area contributed by atoms with Gasteiger partial charge in [-0.15, -0.1) is 6.42 Å². The Morgan fingerprint density at radius 3 is 2.50 bits per heavy atom. The first-order valence-electron chi connectivity index (χ1n) is 12.2. The highest BCUT2D eigenvalue weighted by molar-refractivity contribution is 5.84. The minimum absolute atomic E-state index is 0.0477. The summed E-state index contributed by atoms with van der Waals surface area (Å²) in [5.41, 5.74) is 3.88. The van der Waals surface area contributed by atoms with E-state index in [1.165, 1.54) is 18.5 Å². The zero-order valence-electron chi connectivity index (χ0n) is 20.0. The summed E-state index contributed by atoms with van der Waals surface area (Å²) in [4.78, 5) is 27.3. The van der Waals surface area contributed by atoms with Crippen LogP contribution in [0.15, 0.2) is 35.3 Å². The van der Waals surface area contributed by atoms with Gasteiger partial charge in [0.1, 0.15) is 5.65 Å². The molecule has 0 atom stereocenters. The predicted octanol–water partition coefficient (Wildman–Crippen LogP) is 3.77. The van der Waals surface area contributed by atoms with Crippen LogP contribution in [0.2, 0.25) is 0 Å². The number of hydrogen-bond acceptors (Lipinski definition) is 6. The Morgan fingerprint density at radius 2 is 1.82 bits per heavy atom. The summed E-state index contributed by atoms with van der Waals surface area (Å²) < 4.78 is 1.81. The molecule has 2 fully saturated rings. The molecule has 1 N–H and O–H groups in total. The molecule has 0 unspecified atom stereocenters. The van der Waals surface area contributed by atoms with E-state index >= 15 is 0 Å². The quantitative estimate of drug-likeness (QED) is 0.590. The van der Waals surface area contributed by atoms with Crippen molar-refractivity contribution in [3.63, 3.8) is 0 Å². The number of rotatable bonds is 5. The Bertz CT molecular complexity index is 1280. The lowest BCUT2D eigenvalue weighted by Gasteiger charge is -2.34. The number of nitrogens with one attached hydrogen (secondary N) is 1. The van der Waals surface area contributed by atoms with Crippen LogP contribution >= 0.6 is 0 Å². The van der Waals surface area contributed by atoms with Crippen molar-refractivity contribution in [3.05, 3.63) is 51.9 Å². The van der Waals surface area contributed by atoms with Crippen molar-refractivity contribution in [3.8, 4) is 12.3 Å². The van der Waals surface area contributed by atoms with E-state index in [-0.39, 0.29) is 5.56 Å². The molecule has 176 valence electrons. The molecule has 1 aromatic carbocycles. The van der Waals surface area contributed by atoms with Gasteiger partial charge in [-0.2, -0.15) is 4.98 Å². The highest BCUT2D eigenvalue weighted by Gasteiger charge is 2.21. The van der Waals surface area contributed by atoms with Crippen molar-refractivity contribution in [2.45, 2.75) is 39.2 Å². The lowest BCUT2D eigenvalue weighted by Crippen LogP contribution is -2.44. The molecular formula is C27H32N6O. The Balaban J connectivity index is 1.44. The van der Waals surface area contributed by atoms with Gasteiger partial charge in [-0.1, -0.05) is 18.8 Å². The van der Waals surface area contributed by atoms with Gasteiger partial charge < -0.3 is 15.1 Å². The van der Waals surface area contributed by atoms with Crippen LogP contribution in [0.4, 0.5) is 17.3 Å². The van der Waals surface area contributed by atoms with E-state index in [0.717, 1.165) is 50.1 Å². The van der Waals surface area contributed by atoms with Gasteiger partial charge in [0.2, 0.25) is 5.95 Å². The van der Waals surface area contributed by atoms with Crippen LogP contribution < -0.4 is 15.8 Å². The number of piperazine rings is 1. The molecule has 2 aliphatic rings. The van der Waals surface area contributed by atoms with Crippen molar-refractivity contribution < 1.29 is 0 Å². The summed E-state index contributed by atoms with van der Waals surface area (Å²) in [5.74, 6) is 3.66. The summed E-state index contributed by atoms with van der Waals surface area (Å²) in [6.45, 7) is 6.70. The van der Waals surface area contributed by atoms with Gasteiger partial charge in [0.15, 0.2) is 0 Å². The van der Waals surface area contributed by atoms with E-state index in [2.05, 4.69) is 57.3 Å². The summed E-state index contributed by atoms with van der Waals surface area (Å²) in [6.07, 6.45) is 12.3. The number of anilines is 3. The first-order chi connectivity index (χ1) is 16.5. The molecule has 1 saturated heterocycles. The van der Waals surface area contributed by atoms with E-state index in [9.17, 15) is 4.79 Å². The van der Waals surface area contributed by atoms with Crippen molar-refractivity contribution in [2.75, 3.05) is 43.4 Å². The first-order valence-corrected chi connectivity index (χ1v) is 12.2. The van der Waals surface area contributed by atoms with E-state index in [1.807, 2.05) is 4.57 Å². The highest BCUT2D eigenvalue weighted by Crippen LogP contribution is 2.28. The minimum atomic E-state index is -0.0477. The fraction of sp³-hybridized carbons (Fsp3) is 0.444. The zero-order chi connectivity index (χ0) is 23.7. The van der Waals surface area contributed by atoms with Crippen LogP contribution in [0.25, 0.3) is 11.0 Å². The van der Waals surface area contributed by atoms with Crippen LogP contribution in [0, 0.1) is 25.2 Å². The molecule has 1 aliphatic heterocycles. The monoisotopic (exact) mass is 456 g/mol. The largest absolute Gasteiger partial charge is 0.369 e. The third kappa shape index (κ3) is 4.38. The average Bonchev–Trinajstić information content (AvgIpc) is 3.37. The zero-order valence-corrected chi connectivity index (χ0v) is 20.0. The average molecular weight is 457 g/mol. The van der Waals surface area contributed by atoms with E-state index < -0.39 is 0 Å². The Labute approximate surface area is 200 Å². The molecule has 0 radical (unpaired) electrons. The molecular weight excluding hydrogens is 424 g/mol. The first kappa shape index (κ1) is 22.4. The maximum Gasteiger partial charge on any atom is 0.256 e. The van der Waals surface area contributed by atoms with Crippen molar-refractivity contribution in [1.29, 1.82) is 0 Å². The second kappa shape index (κ2) is 9.47. The number of hydrogen-bond donors (Lipinski definition) is 1. The Kier molecular flexibility index (Phi) is 6.25. The topological polar surface area (TPSA) is 66.3 Å². The third-order valence-corrected chi connectivity index (χ3v) is 7.29. The Morgan fingerprint density at radius 1 is 1.12 bits per heavy atom. The lowest BCUT2D eigenvalue weighted by molar-refractivity contribution is 0.313. The second-order valence-electron chi connectivity index (χ2n) is 9.60. The second-order valence-corrected chi connectivity index (χ2v) is 9.60. The highest BCUT2D eigenvalue weighted by atomic mass is 16.1. The molecule has 2 aromatic heterocycles. The van der Waals surface area contributed by atoms with Gasteiger partial charge in [-0.05, 0) is 57.0 Å². The molecule has 3 heterocycles. The van der Waals surface area contributed by atoms with Crippen molar-refractivity contribution >= 4 is 28.4 Å². The number of terminal acetylenes is 1. The molecule has 7 nitrogen and oxygen atoms in total. The van der Waals surface area contributed by atoms with Crippen molar-refractivity contribution in [1.82, 2.24) is 19.4 Å². The number of aromatic nitrogens is 3. The molecule has 5 rings (SSSR count). The standard InChI is InChI=1S/C27H32N6O/c1-4-23-19(2)26(34)33(18-20-7-5-6-8-20)25-24(23)17-28-27(30-25)29-21-9-11-22(12-10-21)32-15-13-31(3)14-16-32/h1,9-12,17,20H,5-8,13-16,18H2,2-3H3,(H,28,29,30). The molecule has 0 amide bonds. The van der Waals surface area contributed by atoms with Crippen LogP contribution in [0.3, 0.4) is 0 Å². The van der Waals surface area contributed by atoms with Gasteiger partial charge in [0, 0.05) is 61.4 Å². The molecule has 3 aromatic rings. The molecule has 1 aliphatic carbocycles. The number of nitrogens with zero attached hydrogens (tertiary/aromatic N) is 5. The van der Waals surface area contributed by atoms with E-state index in [4.69, 9.17) is 11.4 Å². The van der Waals surface area contributed by atoms with Gasteiger partial charge >= 0.3 is 0 Å². The maximum atomic E-state index is 13.2. The fourth-order valence-corrected chi connectivity index (χ4v) is 5.18. The molecule has 1 saturated carbocycles. The smallest absolute Gasteiger partial charge is 0.256 e. The summed E-state index contributed by atoms with van der Waals surface area (Å²) in [5, 5.41) is 4.07. The molecule has 34 heavy (non-hydrogen) atoms. The van der Waals surface area contributed by atoms with Crippen molar-refractivity contribution in [2.24, 2.45) is 5.92 Å². The van der Waals surface area contributed by atoms with Crippen LogP contribution in [-0.4, -0.2) is 52.7 Å². The van der Waals surface area contributed by atoms with Crippen LogP contribution in [-0.2, 0) is 6.54 Å². The van der Waals surface area contributed by atoms with Crippen LogP contribution in [0.5, 0.6) is 0 Å². The van der Waals surface area contributed by atoms with Gasteiger partial charge in [-0.3, -0.25) is 9.36 Å². The fourth-order valence-electron chi connectivity index (χ4n) is 5.18.